The highest BCUT2D eigenvalue weighted by Crippen LogP contribution is 2.43. The Morgan fingerprint density at radius 1 is 1.50 bits per heavy atom. The van der Waals surface area contributed by atoms with Gasteiger partial charge in [0.05, 0.1) is 5.56 Å². The van der Waals surface area contributed by atoms with E-state index < -0.39 is 11.2 Å². The Kier molecular flexibility index (Phi) is 3.13. The number of Topliss-reactive ketones (excluding diaryl/α,β-unsaturated/α-hetero) is 1. The van der Waals surface area contributed by atoms with Crippen LogP contribution in [-0.2, 0) is 0 Å². The van der Waals surface area contributed by atoms with Crippen LogP contribution < -0.4 is 5.73 Å². The summed E-state index contributed by atoms with van der Waals surface area (Å²) >= 11 is 3.24. The molecule has 0 bridgehead atoms. The van der Waals surface area contributed by atoms with E-state index in [4.69, 9.17) is 5.73 Å². The van der Waals surface area contributed by atoms with Gasteiger partial charge in [0, 0.05) is 16.4 Å². The predicted octanol–water partition coefficient (Wildman–Crippen LogP) is 2.90. The van der Waals surface area contributed by atoms with Crippen LogP contribution in [0.3, 0.4) is 0 Å². The molecule has 0 spiro atoms. The molecule has 0 aromatic heterocycles. The molecule has 2 rings (SSSR count). The van der Waals surface area contributed by atoms with Crippen LogP contribution in [0.2, 0.25) is 0 Å². The standard InChI is InChI=1S/C12H13BrFNO/c13-8-2-3-10(14)9(6-8)11(16)12(7-15)4-1-5-12/h2-3,6H,1,4-5,7,15H2. The monoisotopic (exact) mass is 285 g/mol. The second-order valence-electron chi connectivity index (χ2n) is 4.29. The van der Waals surface area contributed by atoms with Gasteiger partial charge in [0.1, 0.15) is 5.82 Å². The lowest BCUT2D eigenvalue weighted by Crippen LogP contribution is -2.44. The third-order valence-corrected chi connectivity index (χ3v) is 3.85. The van der Waals surface area contributed by atoms with Crippen molar-refractivity contribution in [3.8, 4) is 0 Å². The van der Waals surface area contributed by atoms with Crippen LogP contribution in [0.25, 0.3) is 0 Å². The molecule has 0 radical (unpaired) electrons. The molecule has 1 fully saturated rings. The highest BCUT2D eigenvalue weighted by atomic mass is 79.9. The summed E-state index contributed by atoms with van der Waals surface area (Å²) in [6.07, 6.45) is 2.54. The molecule has 1 saturated carbocycles. The van der Waals surface area contributed by atoms with E-state index in [0.29, 0.717) is 11.0 Å². The predicted molar refractivity (Wildman–Crippen MR) is 63.8 cm³/mol. The number of ketones is 1. The van der Waals surface area contributed by atoms with E-state index in [2.05, 4.69) is 15.9 Å². The Balaban J connectivity index is 2.37. The van der Waals surface area contributed by atoms with E-state index in [0.717, 1.165) is 19.3 Å². The zero-order chi connectivity index (χ0) is 11.8. The number of nitrogens with two attached hydrogens (primary N) is 1. The van der Waals surface area contributed by atoms with Crippen molar-refractivity contribution in [1.82, 2.24) is 0 Å². The van der Waals surface area contributed by atoms with Crippen LogP contribution in [0, 0.1) is 11.2 Å². The van der Waals surface area contributed by atoms with Gasteiger partial charge in [-0.25, -0.2) is 4.39 Å². The average Bonchev–Trinajstić information content (AvgIpc) is 2.21. The number of hydrogen-bond donors (Lipinski definition) is 1. The highest BCUT2D eigenvalue weighted by molar-refractivity contribution is 9.10. The van der Waals surface area contributed by atoms with Crippen molar-refractivity contribution in [3.05, 3.63) is 34.1 Å². The number of carbonyl (C=O) groups excluding carboxylic acids is 1. The Labute approximate surface area is 102 Å². The Morgan fingerprint density at radius 2 is 2.19 bits per heavy atom. The molecule has 2 N–H and O–H groups in total. The van der Waals surface area contributed by atoms with E-state index in [1.54, 1.807) is 6.07 Å². The molecular formula is C12H13BrFNO. The van der Waals surface area contributed by atoms with Gasteiger partial charge in [-0.2, -0.15) is 0 Å². The van der Waals surface area contributed by atoms with Gasteiger partial charge in [-0.1, -0.05) is 22.4 Å². The number of carbonyl (C=O) groups is 1. The third kappa shape index (κ3) is 1.80. The summed E-state index contributed by atoms with van der Waals surface area (Å²) in [7, 11) is 0. The quantitative estimate of drug-likeness (QED) is 0.868. The fourth-order valence-electron chi connectivity index (χ4n) is 2.08. The molecule has 0 heterocycles. The van der Waals surface area contributed by atoms with E-state index >= 15 is 0 Å². The van der Waals surface area contributed by atoms with E-state index in [1.165, 1.54) is 12.1 Å². The summed E-state index contributed by atoms with van der Waals surface area (Å²) in [6.45, 7) is 0.303. The maximum absolute atomic E-state index is 13.6. The summed E-state index contributed by atoms with van der Waals surface area (Å²) in [4.78, 5) is 12.2. The zero-order valence-corrected chi connectivity index (χ0v) is 10.4. The summed E-state index contributed by atoms with van der Waals surface area (Å²) in [5, 5.41) is 0. The molecule has 0 unspecified atom stereocenters. The van der Waals surface area contributed by atoms with Crippen LogP contribution in [0.15, 0.2) is 22.7 Å². The minimum absolute atomic E-state index is 0.152. The SMILES string of the molecule is NCC1(C(=O)c2cc(Br)ccc2F)CCC1. The first-order valence-electron chi connectivity index (χ1n) is 5.29. The molecule has 1 aliphatic rings. The molecule has 1 aromatic carbocycles. The summed E-state index contributed by atoms with van der Waals surface area (Å²) in [5.41, 5.74) is 5.28. The highest BCUT2D eigenvalue weighted by Gasteiger charge is 2.43. The molecule has 0 aliphatic heterocycles. The fourth-order valence-corrected chi connectivity index (χ4v) is 2.45. The lowest BCUT2D eigenvalue weighted by atomic mass is 9.64. The fraction of sp³-hybridized carbons (Fsp3) is 0.417. The second kappa shape index (κ2) is 4.26. The van der Waals surface area contributed by atoms with Crippen molar-refractivity contribution < 1.29 is 9.18 Å². The topological polar surface area (TPSA) is 43.1 Å². The third-order valence-electron chi connectivity index (χ3n) is 3.36. The van der Waals surface area contributed by atoms with Crippen molar-refractivity contribution in [1.29, 1.82) is 0 Å². The van der Waals surface area contributed by atoms with Crippen LogP contribution in [0.5, 0.6) is 0 Å². The summed E-state index contributed by atoms with van der Waals surface area (Å²) in [6, 6.07) is 4.43. The van der Waals surface area contributed by atoms with Gasteiger partial charge in [0.2, 0.25) is 0 Å². The minimum Gasteiger partial charge on any atom is -0.329 e. The summed E-state index contributed by atoms with van der Waals surface area (Å²) < 4.78 is 14.3. The van der Waals surface area contributed by atoms with Gasteiger partial charge >= 0.3 is 0 Å². The Hall–Kier alpha value is -0.740. The first kappa shape index (κ1) is 11.7. The average molecular weight is 286 g/mol. The van der Waals surface area contributed by atoms with Gasteiger partial charge in [0.15, 0.2) is 5.78 Å². The number of benzene rings is 1. The van der Waals surface area contributed by atoms with Crippen LogP contribution in [-0.4, -0.2) is 12.3 Å². The van der Waals surface area contributed by atoms with Crippen molar-refractivity contribution in [3.63, 3.8) is 0 Å². The maximum atomic E-state index is 13.6. The molecule has 1 aliphatic carbocycles. The Morgan fingerprint density at radius 3 is 2.69 bits per heavy atom. The number of halogens is 2. The maximum Gasteiger partial charge on any atom is 0.173 e. The molecule has 4 heteroatoms. The molecule has 0 amide bonds. The Bertz CT molecular complexity index is 424. The van der Waals surface area contributed by atoms with Crippen molar-refractivity contribution in [2.45, 2.75) is 19.3 Å². The molecule has 0 saturated heterocycles. The van der Waals surface area contributed by atoms with Crippen molar-refractivity contribution in [2.24, 2.45) is 11.1 Å². The first-order valence-corrected chi connectivity index (χ1v) is 6.08. The number of rotatable bonds is 3. The molecule has 0 atom stereocenters. The van der Waals surface area contributed by atoms with E-state index in [-0.39, 0.29) is 11.3 Å². The smallest absolute Gasteiger partial charge is 0.173 e. The van der Waals surface area contributed by atoms with Gasteiger partial charge in [-0.05, 0) is 31.0 Å². The minimum atomic E-state index is -0.512. The largest absolute Gasteiger partial charge is 0.329 e. The zero-order valence-electron chi connectivity index (χ0n) is 8.80. The van der Waals surface area contributed by atoms with Crippen LogP contribution in [0.1, 0.15) is 29.6 Å². The molecular weight excluding hydrogens is 273 g/mol. The molecule has 2 nitrogen and oxygen atoms in total. The lowest BCUT2D eigenvalue weighted by molar-refractivity contribution is 0.0631. The van der Waals surface area contributed by atoms with E-state index in [1.807, 2.05) is 0 Å². The lowest BCUT2D eigenvalue weighted by Gasteiger charge is -2.39. The van der Waals surface area contributed by atoms with Gasteiger partial charge in [-0.15, -0.1) is 0 Å². The summed E-state index contributed by atoms with van der Waals surface area (Å²) in [5.74, 6) is -0.618. The molecule has 86 valence electrons. The van der Waals surface area contributed by atoms with Crippen molar-refractivity contribution in [2.75, 3.05) is 6.54 Å². The van der Waals surface area contributed by atoms with Crippen LogP contribution in [0.4, 0.5) is 4.39 Å². The van der Waals surface area contributed by atoms with Gasteiger partial charge in [0.25, 0.3) is 0 Å². The van der Waals surface area contributed by atoms with Gasteiger partial charge < -0.3 is 5.73 Å². The van der Waals surface area contributed by atoms with Crippen LogP contribution >= 0.6 is 15.9 Å². The van der Waals surface area contributed by atoms with Crippen molar-refractivity contribution >= 4 is 21.7 Å². The number of hydrogen-bond acceptors (Lipinski definition) is 2. The second-order valence-corrected chi connectivity index (χ2v) is 5.21. The molecule has 1 aromatic rings. The first-order chi connectivity index (χ1) is 7.59. The van der Waals surface area contributed by atoms with Gasteiger partial charge in [-0.3, -0.25) is 4.79 Å². The normalized spacial score (nSPS) is 17.9. The molecule has 16 heavy (non-hydrogen) atoms. The van der Waals surface area contributed by atoms with E-state index in [9.17, 15) is 9.18 Å².